The molecule has 23 heavy (non-hydrogen) atoms. The van der Waals surface area contributed by atoms with E-state index in [4.69, 9.17) is 44.3 Å². The molecule has 1 atom stereocenters. The van der Waals surface area contributed by atoms with Gasteiger partial charge in [-0.15, -0.1) is 0 Å². The third kappa shape index (κ3) is 9.21. The maximum absolute atomic E-state index is 11.7. The molecule has 0 aliphatic carbocycles. The quantitative estimate of drug-likeness (QED) is 0.255. The summed E-state index contributed by atoms with van der Waals surface area (Å²) < 4.78 is 8.69. The van der Waals surface area contributed by atoms with Crippen molar-refractivity contribution in [2.45, 2.75) is 42.7 Å². The number of rotatable bonds is 9. The fraction of sp³-hybridized carbons (Fsp3) is 0.471. The fourth-order valence-corrected chi connectivity index (χ4v) is 1.90. The van der Waals surface area contributed by atoms with Crippen LogP contribution in [0, 0.1) is 0 Å². The number of halogens is 3. The maximum atomic E-state index is 11.7. The third-order valence-corrected chi connectivity index (χ3v) is 3.42. The Balaban J connectivity index is 2.52. The topological polar surface area (TPSA) is 35.5 Å². The van der Waals surface area contributed by atoms with Crippen LogP contribution < -0.4 is 0 Å². The first-order valence-corrected chi connectivity index (χ1v) is 8.63. The number of carbonyl (C=O) groups excluding carboxylic acids is 1. The molecule has 3 nitrogen and oxygen atoms in total. The highest BCUT2D eigenvalue weighted by Gasteiger charge is 2.34. The monoisotopic (exact) mass is 378 g/mol. The van der Waals surface area contributed by atoms with Crippen LogP contribution in [0.5, 0.6) is 0 Å². The van der Waals surface area contributed by atoms with Gasteiger partial charge in [-0.3, -0.25) is 0 Å². The number of unbranched alkanes of at least 4 members (excludes halogenated alkanes) is 2. The van der Waals surface area contributed by atoms with Crippen molar-refractivity contribution in [2.24, 2.45) is 0 Å². The predicted octanol–water partition coefficient (Wildman–Crippen LogP) is 5.23. The third-order valence-electron chi connectivity index (χ3n) is 2.96. The minimum absolute atomic E-state index is 0.198. The van der Waals surface area contributed by atoms with Crippen LogP contribution in [0.3, 0.4) is 0 Å². The Morgan fingerprint density at radius 2 is 1.96 bits per heavy atom. The number of hydrogen-bond donors (Lipinski definition) is 0. The zero-order valence-corrected chi connectivity index (χ0v) is 15.3. The normalized spacial score (nSPS) is 13.2. The van der Waals surface area contributed by atoms with Crippen LogP contribution in [0.2, 0.25) is 0 Å². The number of ether oxygens (including phenoxy) is 2. The molecule has 0 aromatic heterocycles. The highest BCUT2D eigenvalue weighted by molar-refractivity contribution is 6.75. The van der Waals surface area contributed by atoms with Gasteiger partial charge in [-0.2, -0.15) is 0 Å². The molecule has 0 N–H and O–H groups in total. The van der Waals surface area contributed by atoms with Crippen molar-refractivity contribution in [3.05, 3.63) is 48.0 Å². The Labute approximate surface area is 152 Å². The number of carbonyl (C=O) groups is 1. The van der Waals surface area contributed by atoms with Gasteiger partial charge in [0.15, 0.2) is 0 Å². The molecular weight excluding hydrogens is 359 g/mol. The molecular formula is C17H21Cl3O3. The van der Waals surface area contributed by atoms with E-state index in [1.54, 1.807) is 6.08 Å². The summed E-state index contributed by atoms with van der Waals surface area (Å²) in [6.45, 7) is 2.73. The summed E-state index contributed by atoms with van der Waals surface area (Å²) in [5.74, 6) is -0.907. The highest BCUT2D eigenvalue weighted by Crippen LogP contribution is 2.28. The molecule has 6 heteroatoms. The maximum Gasteiger partial charge on any atom is 0.359 e. The van der Waals surface area contributed by atoms with Gasteiger partial charge >= 0.3 is 5.97 Å². The van der Waals surface area contributed by atoms with Gasteiger partial charge in [0.05, 0.1) is 13.2 Å². The molecule has 0 amide bonds. The van der Waals surface area contributed by atoms with Crippen LogP contribution in [-0.4, -0.2) is 22.5 Å². The van der Waals surface area contributed by atoms with E-state index in [9.17, 15) is 4.79 Å². The Bertz CT molecular complexity index is 484. The van der Waals surface area contributed by atoms with Crippen molar-refractivity contribution in [3.8, 4) is 0 Å². The van der Waals surface area contributed by atoms with Gasteiger partial charge < -0.3 is 9.47 Å². The van der Waals surface area contributed by atoms with Crippen molar-refractivity contribution in [3.63, 3.8) is 0 Å². The van der Waals surface area contributed by atoms with Gasteiger partial charge in [0, 0.05) is 0 Å². The van der Waals surface area contributed by atoms with Crippen LogP contribution in [-0.2, 0) is 20.9 Å². The number of hydrogen-bond acceptors (Lipinski definition) is 3. The molecule has 1 aromatic rings. The van der Waals surface area contributed by atoms with Crippen LogP contribution in [0.4, 0.5) is 0 Å². The Kier molecular flexibility index (Phi) is 9.65. The number of benzene rings is 1. The summed E-state index contributed by atoms with van der Waals surface area (Å²) in [4.78, 5) is 11.7. The smallest absolute Gasteiger partial charge is 0.359 e. The van der Waals surface area contributed by atoms with Gasteiger partial charge in [-0.05, 0) is 18.1 Å². The number of alkyl halides is 3. The molecule has 0 saturated carbocycles. The summed E-state index contributed by atoms with van der Waals surface area (Å²) in [5, 5.41) is 0. The van der Waals surface area contributed by atoms with E-state index < -0.39 is 15.9 Å². The lowest BCUT2D eigenvalue weighted by atomic mass is 10.2. The molecule has 0 heterocycles. The number of allylic oxidation sites excluding steroid dienone is 1. The van der Waals surface area contributed by atoms with E-state index in [0.717, 1.165) is 24.8 Å². The van der Waals surface area contributed by atoms with E-state index in [2.05, 4.69) is 6.92 Å². The molecule has 0 radical (unpaired) electrons. The first-order chi connectivity index (χ1) is 10.9. The van der Waals surface area contributed by atoms with Crippen LogP contribution in [0.25, 0.3) is 0 Å². The second-order valence-electron chi connectivity index (χ2n) is 5.01. The van der Waals surface area contributed by atoms with Gasteiger partial charge in [0.25, 0.3) is 3.79 Å². The molecule has 0 spiro atoms. The van der Waals surface area contributed by atoms with Crippen molar-refractivity contribution in [1.29, 1.82) is 0 Å². The first-order valence-electron chi connectivity index (χ1n) is 7.49. The summed E-state index contributed by atoms with van der Waals surface area (Å²) >= 11 is 16.6. The minimum Gasteiger partial charge on any atom is -0.452 e. The lowest BCUT2D eigenvalue weighted by molar-refractivity contribution is -0.148. The Hall–Kier alpha value is -0.740. The van der Waals surface area contributed by atoms with Crippen molar-refractivity contribution < 1.29 is 14.3 Å². The molecule has 0 aliphatic heterocycles. The largest absolute Gasteiger partial charge is 0.452 e. The molecule has 0 saturated heterocycles. The van der Waals surface area contributed by atoms with E-state index >= 15 is 0 Å². The SMILES string of the molecule is CCCC/C=C\[C@@H](COCc1ccccc1)OC(=O)C(Cl)(Cl)Cl. The number of esters is 1. The van der Waals surface area contributed by atoms with Gasteiger partial charge in [0.1, 0.15) is 6.10 Å². The highest BCUT2D eigenvalue weighted by atomic mass is 35.6. The van der Waals surface area contributed by atoms with Crippen LogP contribution in [0.1, 0.15) is 31.7 Å². The van der Waals surface area contributed by atoms with E-state index in [1.807, 2.05) is 36.4 Å². The van der Waals surface area contributed by atoms with Gasteiger partial charge in [-0.25, -0.2) is 4.79 Å². The molecule has 0 unspecified atom stereocenters. The fourth-order valence-electron chi connectivity index (χ4n) is 1.77. The average molecular weight is 380 g/mol. The van der Waals surface area contributed by atoms with Crippen molar-refractivity contribution >= 4 is 40.8 Å². The zero-order chi connectivity index (χ0) is 17.1. The average Bonchev–Trinajstić information content (AvgIpc) is 2.51. The van der Waals surface area contributed by atoms with E-state index in [0.29, 0.717) is 6.61 Å². The zero-order valence-electron chi connectivity index (χ0n) is 13.0. The van der Waals surface area contributed by atoms with Gasteiger partial charge in [-0.1, -0.05) is 91.0 Å². The molecule has 1 aromatic carbocycles. The Morgan fingerprint density at radius 1 is 1.26 bits per heavy atom. The standard InChI is InChI=1S/C17H21Cl3O3/c1-2-3-4-8-11-15(23-16(21)17(18,19)20)13-22-12-14-9-6-5-7-10-14/h5-11,15H,2-4,12-13H2,1H3/b11-8-/t15-/m0/s1. The van der Waals surface area contributed by atoms with Crippen LogP contribution in [0.15, 0.2) is 42.5 Å². The van der Waals surface area contributed by atoms with Crippen molar-refractivity contribution in [1.82, 2.24) is 0 Å². The van der Waals surface area contributed by atoms with Crippen LogP contribution >= 0.6 is 34.8 Å². The molecule has 128 valence electrons. The van der Waals surface area contributed by atoms with Crippen molar-refractivity contribution in [2.75, 3.05) is 6.61 Å². The van der Waals surface area contributed by atoms with E-state index in [1.165, 1.54) is 0 Å². The van der Waals surface area contributed by atoms with E-state index in [-0.39, 0.29) is 6.61 Å². The Morgan fingerprint density at radius 3 is 2.57 bits per heavy atom. The summed E-state index contributed by atoms with van der Waals surface area (Å²) in [7, 11) is 0. The summed E-state index contributed by atoms with van der Waals surface area (Å²) in [5.41, 5.74) is 1.04. The second kappa shape index (κ2) is 10.9. The molecule has 0 fully saturated rings. The predicted molar refractivity (Wildman–Crippen MR) is 94.9 cm³/mol. The summed E-state index contributed by atoms with van der Waals surface area (Å²) in [6, 6.07) is 9.72. The second-order valence-corrected chi connectivity index (χ2v) is 7.29. The molecule has 0 bridgehead atoms. The molecule has 0 aliphatic rings. The lowest BCUT2D eigenvalue weighted by Gasteiger charge is -2.18. The minimum atomic E-state index is -2.09. The summed E-state index contributed by atoms with van der Waals surface area (Å²) in [6.07, 6.45) is 6.19. The van der Waals surface area contributed by atoms with Gasteiger partial charge in [0.2, 0.25) is 0 Å². The molecule has 1 rings (SSSR count). The lowest BCUT2D eigenvalue weighted by Crippen LogP contribution is -2.29. The first kappa shape index (κ1) is 20.3.